The first-order valence-corrected chi connectivity index (χ1v) is 10.1. The number of rotatable bonds is 8. The Bertz CT molecular complexity index is 736. The zero-order valence-electron chi connectivity index (χ0n) is 16.6. The van der Waals surface area contributed by atoms with Gasteiger partial charge in [-0.3, -0.25) is 9.89 Å². The van der Waals surface area contributed by atoms with Gasteiger partial charge in [0.25, 0.3) is 0 Å². The molecule has 0 amide bonds. The fourth-order valence-electron chi connectivity index (χ4n) is 3.73. The summed E-state index contributed by atoms with van der Waals surface area (Å²) >= 11 is 0. The number of hydrogen-bond acceptors (Lipinski definition) is 3. The normalized spacial score (nSPS) is 18.1. The third-order valence-corrected chi connectivity index (χ3v) is 5.33. The van der Waals surface area contributed by atoms with E-state index in [1.807, 2.05) is 22.9 Å². The van der Waals surface area contributed by atoms with E-state index in [0.717, 1.165) is 43.9 Å². The van der Waals surface area contributed by atoms with Crippen molar-refractivity contribution in [3.8, 4) is 5.69 Å². The second-order valence-corrected chi connectivity index (χ2v) is 7.20. The molecule has 1 aromatic heterocycles. The van der Waals surface area contributed by atoms with Crippen LogP contribution in [-0.2, 0) is 6.42 Å². The van der Waals surface area contributed by atoms with Gasteiger partial charge in [0.15, 0.2) is 5.96 Å². The molecule has 1 aliphatic rings. The number of likely N-dealkylation sites (tertiary alicyclic amines) is 1. The quantitative estimate of drug-likeness (QED) is 0.427. The molecule has 146 valence electrons. The van der Waals surface area contributed by atoms with Crippen LogP contribution >= 0.6 is 0 Å². The molecule has 6 nitrogen and oxygen atoms in total. The summed E-state index contributed by atoms with van der Waals surface area (Å²) in [7, 11) is 0. The number of nitrogens with two attached hydrogens (primary N) is 1. The fraction of sp³-hybridized carbons (Fsp3) is 0.524. The van der Waals surface area contributed by atoms with Gasteiger partial charge in [0.1, 0.15) is 0 Å². The van der Waals surface area contributed by atoms with Crippen LogP contribution in [0, 0.1) is 6.92 Å². The summed E-state index contributed by atoms with van der Waals surface area (Å²) in [6, 6.07) is 10.8. The smallest absolute Gasteiger partial charge is 0.188 e. The lowest BCUT2D eigenvalue weighted by Crippen LogP contribution is -2.36. The Labute approximate surface area is 162 Å². The predicted molar refractivity (Wildman–Crippen MR) is 111 cm³/mol. The van der Waals surface area contributed by atoms with Crippen LogP contribution in [0.1, 0.15) is 37.4 Å². The third-order valence-electron chi connectivity index (χ3n) is 5.33. The molecule has 2 heterocycles. The number of likely N-dealkylation sites (N-methyl/N-ethyl adjacent to an activating group) is 1. The van der Waals surface area contributed by atoms with Crippen LogP contribution in [0.2, 0.25) is 0 Å². The standard InChI is InChI=1S/C21H32N6/c1-3-26-14-8-12-20(26)15-24-21(22)23-13-7-9-18-16-27(25-17(18)2)19-10-5-4-6-11-19/h4-6,10-11,16,20H,3,7-9,12-15H2,1-2H3,(H3,22,23,24). The van der Waals surface area contributed by atoms with Gasteiger partial charge in [-0.05, 0) is 63.4 Å². The second kappa shape index (κ2) is 9.55. The van der Waals surface area contributed by atoms with E-state index in [-0.39, 0.29) is 0 Å². The van der Waals surface area contributed by atoms with Crippen molar-refractivity contribution in [1.82, 2.24) is 20.0 Å². The molecule has 2 aromatic rings. The summed E-state index contributed by atoms with van der Waals surface area (Å²) in [6.45, 7) is 8.21. The molecule has 1 aromatic carbocycles. The molecule has 3 rings (SSSR count). The minimum atomic E-state index is 0.557. The maximum Gasteiger partial charge on any atom is 0.188 e. The number of nitrogens with zero attached hydrogens (tertiary/aromatic N) is 4. The monoisotopic (exact) mass is 368 g/mol. The number of aromatic nitrogens is 2. The molecule has 0 saturated carbocycles. The average molecular weight is 369 g/mol. The van der Waals surface area contributed by atoms with Crippen LogP contribution in [0.4, 0.5) is 0 Å². The van der Waals surface area contributed by atoms with Crippen LogP contribution in [0.15, 0.2) is 41.5 Å². The van der Waals surface area contributed by atoms with Gasteiger partial charge in [0.2, 0.25) is 0 Å². The molecule has 0 aliphatic carbocycles. The zero-order chi connectivity index (χ0) is 19.1. The molecule has 1 aliphatic heterocycles. The third kappa shape index (κ3) is 5.32. The summed E-state index contributed by atoms with van der Waals surface area (Å²) in [5.41, 5.74) is 9.49. The molecule has 6 heteroatoms. The Hall–Kier alpha value is -2.34. The Morgan fingerprint density at radius 1 is 1.33 bits per heavy atom. The molecule has 1 fully saturated rings. The van der Waals surface area contributed by atoms with E-state index >= 15 is 0 Å². The summed E-state index contributed by atoms with van der Waals surface area (Å²) in [5.74, 6) is 0.564. The van der Waals surface area contributed by atoms with Crippen LogP contribution < -0.4 is 11.1 Å². The van der Waals surface area contributed by atoms with Gasteiger partial charge >= 0.3 is 0 Å². The van der Waals surface area contributed by atoms with Crippen molar-refractivity contribution >= 4 is 5.96 Å². The molecule has 0 radical (unpaired) electrons. The van der Waals surface area contributed by atoms with E-state index in [0.29, 0.717) is 12.0 Å². The second-order valence-electron chi connectivity index (χ2n) is 7.20. The number of para-hydroxylation sites is 1. The van der Waals surface area contributed by atoms with Crippen LogP contribution in [-0.4, -0.2) is 52.9 Å². The maximum absolute atomic E-state index is 6.03. The fourth-order valence-corrected chi connectivity index (χ4v) is 3.73. The van der Waals surface area contributed by atoms with Gasteiger partial charge in [-0.2, -0.15) is 5.10 Å². The lowest BCUT2D eigenvalue weighted by Gasteiger charge is -2.20. The Kier molecular flexibility index (Phi) is 6.87. The lowest BCUT2D eigenvalue weighted by atomic mass is 10.1. The van der Waals surface area contributed by atoms with E-state index in [9.17, 15) is 0 Å². The van der Waals surface area contributed by atoms with Gasteiger partial charge < -0.3 is 11.1 Å². The van der Waals surface area contributed by atoms with Crippen molar-refractivity contribution in [2.45, 2.75) is 45.6 Å². The van der Waals surface area contributed by atoms with E-state index < -0.39 is 0 Å². The number of aryl methyl sites for hydroxylation is 2. The van der Waals surface area contributed by atoms with E-state index in [4.69, 9.17) is 5.73 Å². The summed E-state index contributed by atoms with van der Waals surface area (Å²) < 4.78 is 1.95. The molecule has 0 spiro atoms. The zero-order valence-corrected chi connectivity index (χ0v) is 16.6. The predicted octanol–water partition coefficient (Wildman–Crippen LogP) is 2.50. The molecule has 1 saturated heterocycles. The minimum absolute atomic E-state index is 0.557. The van der Waals surface area contributed by atoms with Crippen molar-refractivity contribution in [1.29, 1.82) is 0 Å². The number of guanidine groups is 1. The molecule has 27 heavy (non-hydrogen) atoms. The highest BCUT2D eigenvalue weighted by Crippen LogP contribution is 2.16. The van der Waals surface area contributed by atoms with Crippen LogP contribution in [0.3, 0.4) is 0 Å². The first kappa shape index (κ1) is 19.4. The highest BCUT2D eigenvalue weighted by molar-refractivity contribution is 5.77. The number of hydrogen-bond donors (Lipinski definition) is 2. The first-order valence-electron chi connectivity index (χ1n) is 10.1. The van der Waals surface area contributed by atoms with Crippen molar-refractivity contribution < 1.29 is 0 Å². The minimum Gasteiger partial charge on any atom is -0.370 e. The van der Waals surface area contributed by atoms with Crippen molar-refractivity contribution in [2.24, 2.45) is 10.7 Å². The number of nitrogens with one attached hydrogen (secondary N) is 1. The van der Waals surface area contributed by atoms with Crippen molar-refractivity contribution in [2.75, 3.05) is 26.2 Å². The first-order chi connectivity index (χ1) is 13.2. The van der Waals surface area contributed by atoms with Crippen LogP contribution in [0.5, 0.6) is 0 Å². The maximum atomic E-state index is 6.03. The molecular formula is C21H32N6. The number of aliphatic imine (C=N–C) groups is 1. The summed E-state index contributed by atoms with van der Waals surface area (Å²) in [5, 5.41) is 7.88. The van der Waals surface area contributed by atoms with E-state index in [1.165, 1.54) is 24.9 Å². The average Bonchev–Trinajstić information content (AvgIpc) is 3.30. The highest BCUT2D eigenvalue weighted by atomic mass is 15.3. The van der Waals surface area contributed by atoms with Gasteiger partial charge in [0, 0.05) is 18.8 Å². The van der Waals surface area contributed by atoms with E-state index in [1.54, 1.807) is 0 Å². The Morgan fingerprint density at radius 3 is 2.93 bits per heavy atom. The Morgan fingerprint density at radius 2 is 2.15 bits per heavy atom. The SMILES string of the molecule is CCN1CCCC1CN=C(N)NCCCc1cn(-c2ccccc2)nc1C. The van der Waals surface area contributed by atoms with Gasteiger partial charge in [-0.25, -0.2) is 4.68 Å². The summed E-state index contributed by atoms with van der Waals surface area (Å²) in [4.78, 5) is 7.03. The summed E-state index contributed by atoms with van der Waals surface area (Å²) in [6.07, 6.45) is 6.61. The molecule has 0 bridgehead atoms. The van der Waals surface area contributed by atoms with Crippen molar-refractivity contribution in [3.63, 3.8) is 0 Å². The molecular weight excluding hydrogens is 336 g/mol. The molecule has 1 atom stereocenters. The van der Waals surface area contributed by atoms with Crippen molar-refractivity contribution in [3.05, 3.63) is 47.8 Å². The topological polar surface area (TPSA) is 71.5 Å². The van der Waals surface area contributed by atoms with Crippen LogP contribution in [0.25, 0.3) is 5.69 Å². The molecule has 1 unspecified atom stereocenters. The van der Waals surface area contributed by atoms with E-state index in [2.05, 4.69) is 52.5 Å². The number of benzene rings is 1. The lowest BCUT2D eigenvalue weighted by molar-refractivity contribution is 0.273. The van der Waals surface area contributed by atoms with Gasteiger partial charge in [0.05, 0.1) is 17.9 Å². The van der Waals surface area contributed by atoms with Gasteiger partial charge in [-0.1, -0.05) is 25.1 Å². The van der Waals surface area contributed by atoms with Gasteiger partial charge in [-0.15, -0.1) is 0 Å². The molecule has 3 N–H and O–H groups in total. The Balaban J connectivity index is 1.42. The highest BCUT2D eigenvalue weighted by Gasteiger charge is 2.22. The largest absolute Gasteiger partial charge is 0.370 e.